The highest BCUT2D eigenvalue weighted by molar-refractivity contribution is 9.10. The van der Waals surface area contributed by atoms with Gasteiger partial charge in [0.25, 0.3) is 5.91 Å². The molecule has 0 atom stereocenters. The lowest BCUT2D eigenvalue weighted by Crippen LogP contribution is -2.50. The van der Waals surface area contributed by atoms with Crippen molar-refractivity contribution in [2.75, 3.05) is 11.9 Å². The normalized spacial score (nSPS) is 9.77. The zero-order chi connectivity index (χ0) is 18.9. The Kier molecular flexibility index (Phi) is 7.76. The number of carbonyl (C=O) groups excluding carboxylic acids is 1. The summed E-state index contributed by atoms with van der Waals surface area (Å²) < 4.78 is 6.24. The standard InChI is InChI=1S/C17H17BrN4O2S2/c1-11-7-8-14(13(18)9-11)24-10-15(23)20-17(26)22-21-16(25)19-12-5-3-2-4-6-12/h2-9H,10H2,1H3,(H2,19,21,25)(H2,20,22,23,26). The molecule has 0 spiro atoms. The number of nitrogens with one attached hydrogen (secondary N) is 4. The third kappa shape index (κ3) is 6.95. The summed E-state index contributed by atoms with van der Waals surface area (Å²) >= 11 is 13.5. The molecule has 26 heavy (non-hydrogen) atoms. The van der Waals surface area contributed by atoms with Crippen molar-refractivity contribution in [1.29, 1.82) is 0 Å². The highest BCUT2D eigenvalue weighted by Gasteiger charge is 2.08. The fourth-order valence-electron chi connectivity index (χ4n) is 1.86. The molecule has 0 aliphatic rings. The summed E-state index contributed by atoms with van der Waals surface area (Å²) in [6, 6.07) is 15.0. The van der Waals surface area contributed by atoms with E-state index >= 15 is 0 Å². The maximum Gasteiger partial charge on any atom is 0.264 e. The summed E-state index contributed by atoms with van der Waals surface area (Å²) in [4.78, 5) is 11.9. The van der Waals surface area contributed by atoms with Crippen LogP contribution in [0.5, 0.6) is 5.75 Å². The first-order chi connectivity index (χ1) is 12.4. The minimum Gasteiger partial charge on any atom is -0.483 e. The molecule has 2 aromatic rings. The third-order valence-corrected chi connectivity index (χ3v) is 4.05. The molecule has 0 unspecified atom stereocenters. The van der Waals surface area contributed by atoms with Gasteiger partial charge < -0.3 is 10.1 Å². The van der Waals surface area contributed by atoms with E-state index in [0.717, 1.165) is 15.7 Å². The Balaban J connectivity index is 1.70. The van der Waals surface area contributed by atoms with Gasteiger partial charge in [0.2, 0.25) is 0 Å². The lowest BCUT2D eigenvalue weighted by Gasteiger charge is -2.14. The number of halogens is 1. The maximum atomic E-state index is 11.9. The van der Waals surface area contributed by atoms with Gasteiger partial charge in [-0.15, -0.1) is 0 Å². The molecule has 0 aromatic heterocycles. The van der Waals surface area contributed by atoms with Crippen LogP contribution in [0.25, 0.3) is 0 Å². The number of amides is 1. The smallest absolute Gasteiger partial charge is 0.264 e. The van der Waals surface area contributed by atoms with Crippen LogP contribution in [-0.2, 0) is 4.79 Å². The summed E-state index contributed by atoms with van der Waals surface area (Å²) in [7, 11) is 0. The van der Waals surface area contributed by atoms with Crippen LogP contribution in [0.1, 0.15) is 5.56 Å². The number of thiocarbonyl (C=S) groups is 2. The quantitative estimate of drug-likeness (QED) is 0.419. The van der Waals surface area contributed by atoms with Crippen LogP contribution in [0.15, 0.2) is 53.0 Å². The molecule has 2 aromatic carbocycles. The van der Waals surface area contributed by atoms with E-state index in [4.69, 9.17) is 29.2 Å². The number of aryl methyl sites for hydroxylation is 1. The van der Waals surface area contributed by atoms with Crippen LogP contribution < -0.4 is 26.2 Å². The molecule has 0 heterocycles. The Morgan fingerprint density at radius 2 is 1.77 bits per heavy atom. The van der Waals surface area contributed by atoms with Gasteiger partial charge in [0, 0.05) is 5.69 Å². The molecular formula is C17H17BrN4O2S2. The molecule has 0 saturated carbocycles. The largest absolute Gasteiger partial charge is 0.483 e. The average Bonchev–Trinajstić information content (AvgIpc) is 2.60. The Morgan fingerprint density at radius 3 is 2.46 bits per heavy atom. The molecule has 0 saturated heterocycles. The lowest BCUT2D eigenvalue weighted by atomic mass is 10.2. The SMILES string of the molecule is Cc1ccc(OCC(=O)NC(=S)NNC(=S)Nc2ccccc2)c(Br)c1. The molecule has 1 amide bonds. The van der Waals surface area contributed by atoms with Gasteiger partial charge in [0.15, 0.2) is 16.8 Å². The number of hydrogen-bond acceptors (Lipinski definition) is 4. The molecule has 4 N–H and O–H groups in total. The predicted octanol–water partition coefficient (Wildman–Crippen LogP) is 3.03. The second-order valence-electron chi connectivity index (χ2n) is 5.17. The number of rotatable bonds is 4. The van der Waals surface area contributed by atoms with E-state index in [-0.39, 0.29) is 11.7 Å². The maximum absolute atomic E-state index is 11.9. The fraction of sp³-hybridized carbons (Fsp3) is 0.118. The Hall–Kier alpha value is -2.23. The first-order valence-electron chi connectivity index (χ1n) is 7.55. The zero-order valence-electron chi connectivity index (χ0n) is 13.8. The Bertz CT molecular complexity index is 803. The molecule has 2 rings (SSSR count). The van der Waals surface area contributed by atoms with E-state index in [2.05, 4.69) is 37.4 Å². The van der Waals surface area contributed by atoms with Crippen LogP contribution in [0, 0.1) is 6.92 Å². The Labute approximate surface area is 170 Å². The molecule has 0 fully saturated rings. The predicted molar refractivity (Wildman–Crippen MR) is 114 cm³/mol. The van der Waals surface area contributed by atoms with E-state index < -0.39 is 5.91 Å². The van der Waals surface area contributed by atoms with Gasteiger partial charge in [-0.2, -0.15) is 0 Å². The highest BCUT2D eigenvalue weighted by atomic mass is 79.9. The van der Waals surface area contributed by atoms with Gasteiger partial charge in [-0.25, -0.2) is 0 Å². The van der Waals surface area contributed by atoms with Crippen molar-refractivity contribution in [3.8, 4) is 5.75 Å². The molecule has 6 nitrogen and oxygen atoms in total. The molecule has 0 bridgehead atoms. The van der Waals surface area contributed by atoms with Crippen LogP contribution >= 0.6 is 40.4 Å². The molecule has 0 aliphatic carbocycles. The summed E-state index contributed by atoms with van der Waals surface area (Å²) in [5.41, 5.74) is 7.24. The number of hydrogen-bond donors (Lipinski definition) is 4. The van der Waals surface area contributed by atoms with Crippen LogP contribution in [0.4, 0.5) is 5.69 Å². The minimum absolute atomic E-state index is 0.0822. The number of ether oxygens (including phenoxy) is 1. The van der Waals surface area contributed by atoms with Crippen LogP contribution in [-0.4, -0.2) is 22.7 Å². The van der Waals surface area contributed by atoms with E-state index in [0.29, 0.717) is 10.9 Å². The van der Waals surface area contributed by atoms with Gasteiger partial charge in [-0.05, 0) is 77.1 Å². The average molecular weight is 453 g/mol. The Morgan fingerprint density at radius 1 is 1.08 bits per heavy atom. The van der Waals surface area contributed by atoms with E-state index in [9.17, 15) is 4.79 Å². The van der Waals surface area contributed by atoms with E-state index in [1.807, 2.05) is 49.4 Å². The van der Waals surface area contributed by atoms with Crippen molar-refractivity contribution in [1.82, 2.24) is 16.2 Å². The minimum atomic E-state index is -0.390. The number of carbonyl (C=O) groups is 1. The number of anilines is 1. The highest BCUT2D eigenvalue weighted by Crippen LogP contribution is 2.25. The van der Waals surface area contributed by atoms with E-state index in [1.54, 1.807) is 6.07 Å². The molecular weight excluding hydrogens is 436 g/mol. The second-order valence-corrected chi connectivity index (χ2v) is 6.84. The van der Waals surface area contributed by atoms with Crippen LogP contribution in [0.2, 0.25) is 0 Å². The monoisotopic (exact) mass is 452 g/mol. The van der Waals surface area contributed by atoms with Crippen molar-refractivity contribution in [2.45, 2.75) is 6.92 Å². The lowest BCUT2D eigenvalue weighted by molar-refractivity contribution is -0.121. The first-order valence-corrected chi connectivity index (χ1v) is 9.16. The zero-order valence-corrected chi connectivity index (χ0v) is 17.1. The van der Waals surface area contributed by atoms with Gasteiger partial charge in [-0.3, -0.25) is 21.0 Å². The van der Waals surface area contributed by atoms with Gasteiger partial charge in [-0.1, -0.05) is 24.3 Å². The number of hydrazine groups is 1. The van der Waals surface area contributed by atoms with Crippen molar-refractivity contribution in [2.24, 2.45) is 0 Å². The summed E-state index contributed by atoms with van der Waals surface area (Å²) in [5.74, 6) is 0.190. The van der Waals surface area contributed by atoms with Crippen molar-refractivity contribution in [3.63, 3.8) is 0 Å². The van der Waals surface area contributed by atoms with Crippen molar-refractivity contribution >= 4 is 62.2 Å². The second kappa shape index (κ2) is 10.0. The third-order valence-electron chi connectivity index (χ3n) is 3.02. The molecule has 0 radical (unpaired) electrons. The van der Waals surface area contributed by atoms with Crippen molar-refractivity contribution in [3.05, 3.63) is 58.6 Å². The summed E-state index contributed by atoms with van der Waals surface area (Å²) in [6.07, 6.45) is 0. The summed E-state index contributed by atoms with van der Waals surface area (Å²) in [6.45, 7) is 1.80. The number of benzene rings is 2. The van der Waals surface area contributed by atoms with Gasteiger partial charge in [0.1, 0.15) is 5.75 Å². The molecule has 0 aliphatic heterocycles. The fourth-order valence-corrected chi connectivity index (χ4v) is 2.80. The van der Waals surface area contributed by atoms with Crippen molar-refractivity contribution < 1.29 is 9.53 Å². The van der Waals surface area contributed by atoms with Gasteiger partial charge >= 0.3 is 0 Å². The van der Waals surface area contributed by atoms with Crippen LogP contribution in [0.3, 0.4) is 0 Å². The molecule has 9 heteroatoms. The first kappa shape index (κ1) is 20.1. The van der Waals surface area contributed by atoms with E-state index in [1.165, 1.54) is 0 Å². The molecule has 136 valence electrons. The van der Waals surface area contributed by atoms with Gasteiger partial charge in [0.05, 0.1) is 4.47 Å². The summed E-state index contributed by atoms with van der Waals surface area (Å²) in [5, 5.41) is 5.85. The topological polar surface area (TPSA) is 74.4 Å². The number of para-hydroxylation sites is 1.